The first-order valence-corrected chi connectivity index (χ1v) is 10.6. The van der Waals surface area contributed by atoms with Gasteiger partial charge in [0.25, 0.3) is 0 Å². The standard InChI is InChI=1S/C19H18N4O2S2/c1-3-15(24)23-13-9-6-5-8-12(13)16-17(20-19(22-21-16)26-4-2)25-18(23)14-10-7-11-27-14/h5-11,18H,3-4H2,1-2H3. The minimum absolute atomic E-state index is 0.0234. The number of nitrogens with zero attached hydrogens (tertiary/aromatic N) is 4. The number of aromatic nitrogens is 3. The van der Waals surface area contributed by atoms with Crippen molar-refractivity contribution in [3.63, 3.8) is 0 Å². The summed E-state index contributed by atoms with van der Waals surface area (Å²) < 4.78 is 6.29. The van der Waals surface area contributed by atoms with Crippen LogP contribution in [0.2, 0.25) is 0 Å². The highest BCUT2D eigenvalue weighted by atomic mass is 32.2. The Kier molecular flexibility index (Phi) is 5.09. The number of hydrogen-bond donors (Lipinski definition) is 0. The number of ether oxygens (including phenoxy) is 1. The van der Waals surface area contributed by atoms with Gasteiger partial charge in [0.2, 0.25) is 23.2 Å². The molecule has 27 heavy (non-hydrogen) atoms. The second-order valence-corrected chi connectivity index (χ2v) is 8.01. The maximum atomic E-state index is 12.9. The summed E-state index contributed by atoms with van der Waals surface area (Å²) in [5.74, 6) is 1.22. The molecule has 2 aromatic heterocycles. The zero-order chi connectivity index (χ0) is 18.8. The highest BCUT2D eigenvalue weighted by molar-refractivity contribution is 7.99. The number of thiophene rings is 1. The maximum absolute atomic E-state index is 12.9. The zero-order valence-electron chi connectivity index (χ0n) is 15.0. The Morgan fingerprint density at radius 1 is 1.22 bits per heavy atom. The molecule has 0 fully saturated rings. The lowest BCUT2D eigenvalue weighted by Gasteiger charge is -2.29. The van der Waals surface area contributed by atoms with E-state index in [4.69, 9.17) is 4.74 Å². The molecule has 3 heterocycles. The van der Waals surface area contributed by atoms with Crippen molar-refractivity contribution in [1.29, 1.82) is 0 Å². The molecule has 1 aliphatic heterocycles. The first-order valence-electron chi connectivity index (χ1n) is 8.72. The summed E-state index contributed by atoms with van der Waals surface area (Å²) in [7, 11) is 0. The lowest BCUT2D eigenvalue weighted by atomic mass is 10.1. The third kappa shape index (κ3) is 3.30. The summed E-state index contributed by atoms with van der Waals surface area (Å²) in [5.41, 5.74) is 2.11. The smallest absolute Gasteiger partial charge is 0.247 e. The molecule has 0 aliphatic carbocycles. The van der Waals surface area contributed by atoms with Crippen molar-refractivity contribution in [2.24, 2.45) is 0 Å². The van der Waals surface area contributed by atoms with Gasteiger partial charge < -0.3 is 4.74 Å². The summed E-state index contributed by atoms with van der Waals surface area (Å²) in [6.45, 7) is 3.88. The van der Waals surface area contributed by atoms with Gasteiger partial charge >= 0.3 is 0 Å². The molecule has 0 radical (unpaired) electrons. The Balaban J connectivity index is 1.94. The van der Waals surface area contributed by atoms with Gasteiger partial charge in [-0.3, -0.25) is 9.69 Å². The fraction of sp³-hybridized carbons (Fsp3) is 0.263. The third-order valence-electron chi connectivity index (χ3n) is 4.14. The van der Waals surface area contributed by atoms with Gasteiger partial charge in [0, 0.05) is 12.0 Å². The lowest BCUT2D eigenvalue weighted by Crippen LogP contribution is -2.36. The number of benzene rings is 1. The van der Waals surface area contributed by atoms with E-state index < -0.39 is 6.23 Å². The first kappa shape index (κ1) is 17.9. The summed E-state index contributed by atoms with van der Waals surface area (Å²) in [6, 6.07) is 11.6. The Bertz CT molecular complexity index is 962. The SMILES string of the molecule is CCSc1nnc2c(n1)OC(c1cccs1)N(C(=O)CC)c1ccccc1-2. The number of fused-ring (bicyclic) bond motifs is 3. The molecule has 1 amide bonds. The van der Waals surface area contributed by atoms with E-state index in [-0.39, 0.29) is 5.91 Å². The van der Waals surface area contributed by atoms with Gasteiger partial charge in [-0.1, -0.05) is 49.9 Å². The molecule has 0 N–H and O–H groups in total. The van der Waals surface area contributed by atoms with Crippen LogP contribution in [0.25, 0.3) is 11.3 Å². The Morgan fingerprint density at radius 2 is 2.07 bits per heavy atom. The van der Waals surface area contributed by atoms with Crippen molar-refractivity contribution < 1.29 is 9.53 Å². The van der Waals surface area contributed by atoms with Crippen LogP contribution in [-0.4, -0.2) is 26.8 Å². The zero-order valence-corrected chi connectivity index (χ0v) is 16.6. The van der Waals surface area contributed by atoms with E-state index in [1.165, 1.54) is 11.8 Å². The van der Waals surface area contributed by atoms with Crippen LogP contribution >= 0.6 is 23.1 Å². The summed E-state index contributed by atoms with van der Waals surface area (Å²) >= 11 is 3.05. The second-order valence-electron chi connectivity index (χ2n) is 5.80. The van der Waals surface area contributed by atoms with Crippen molar-refractivity contribution in [2.45, 2.75) is 31.7 Å². The van der Waals surface area contributed by atoms with Crippen molar-refractivity contribution in [2.75, 3.05) is 10.7 Å². The summed E-state index contributed by atoms with van der Waals surface area (Å²) in [6.07, 6.45) is -0.220. The quantitative estimate of drug-likeness (QED) is 0.601. The minimum Gasteiger partial charge on any atom is -0.446 e. The lowest BCUT2D eigenvalue weighted by molar-refractivity contribution is -0.120. The molecule has 0 saturated carbocycles. The Labute approximate surface area is 165 Å². The largest absolute Gasteiger partial charge is 0.446 e. The molecule has 3 aromatic rings. The Hall–Kier alpha value is -2.45. The van der Waals surface area contributed by atoms with Gasteiger partial charge in [0.15, 0.2) is 5.69 Å². The maximum Gasteiger partial charge on any atom is 0.247 e. The van der Waals surface area contributed by atoms with Crippen molar-refractivity contribution >= 4 is 34.7 Å². The first-order chi connectivity index (χ1) is 13.2. The van der Waals surface area contributed by atoms with Crippen LogP contribution in [0.3, 0.4) is 0 Å². The molecule has 0 bridgehead atoms. The summed E-state index contributed by atoms with van der Waals surface area (Å²) in [4.78, 5) is 20.1. The van der Waals surface area contributed by atoms with Crippen molar-refractivity contribution in [1.82, 2.24) is 15.2 Å². The Morgan fingerprint density at radius 3 is 2.81 bits per heavy atom. The molecular weight excluding hydrogens is 380 g/mol. The number of thioether (sulfide) groups is 1. The average Bonchev–Trinajstić information content (AvgIpc) is 3.18. The van der Waals surface area contributed by atoms with Gasteiger partial charge in [-0.15, -0.1) is 21.5 Å². The molecule has 6 nitrogen and oxygen atoms in total. The average molecular weight is 399 g/mol. The van der Waals surface area contributed by atoms with Crippen LogP contribution in [0.1, 0.15) is 31.4 Å². The number of rotatable bonds is 4. The predicted octanol–water partition coefficient (Wildman–Crippen LogP) is 4.55. The van der Waals surface area contributed by atoms with Gasteiger partial charge in [0.05, 0.1) is 10.6 Å². The predicted molar refractivity (Wildman–Crippen MR) is 107 cm³/mol. The fourth-order valence-corrected chi connectivity index (χ4v) is 4.21. The van der Waals surface area contributed by atoms with E-state index in [0.29, 0.717) is 23.2 Å². The van der Waals surface area contributed by atoms with Gasteiger partial charge in [-0.25, -0.2) is 0 Å². The summed E-state index contributed by atoms with van der Waals surface area (Å²) in [5, 5.41) is 11.1. The molecule has 1 aromatic carbocycles. The van der Waals surface area contributed by atoms with Crippen molar-refractivity contribution in [3.05, 3.63) is 46.7 Å². The van der Waals surface area contributed by atoms with E-state index >= 15 is 0 Å². The molecule has 1 aliphatic rings. The normalized spacial score (nSPS) is 15.5. The molecule has 0 spiro atoms. The molecule has 138 valence electrons. The number of amides is 1. The highest BCUT2D eigenvalue weighted by Crippen LogP contribution is 2.44. The number of carbonyl (C=O) groups is 1. The molecular formula is C19H18N4O2S2. The molecule has 1 atom stereocenters. The van der Waals surface area contributed by atoms with E-state index in [9.17, 15) is 4.79 Å². The van der Waals surface area contributed by atoms with Crippen LogP contribution in [0, 0.1) is 0 Å². The van der Waals surface area contributed by atoms with Crippen LogP contribution in [0.4, 0.5) is 5.69 Å². The number of hydrogen-bond acceptors (Lipinski definition) is 7. The van der Waals surface area contributed by atoms with Crippen LogP contribution in [-0.2, 0) is 4.79 Å². The second kappa shape index (κ2) is 7.66. The van der Waals surface area contributed by atoms with E-state index in [2.05, 4.69) is 15.2 Å². The van der Waals surface area contributed by atoms with E-state index in [1.54, 1.807) is 16.2 Å². The van der Waals surface area contributed by atoms with Gasteiger partial charge in [0.1, 0.15) is 0 Å². The van der Waals surface area contributed by atoms with Crippen molar-refractivity contribution in [3.8, 4) is 17.1 Å². The minimum atomic E-state index is -0.587. The van der Waals surface area contributed by atoms with E-state index in [1.807, 2.05) is 55.6 Å². The molecule has 0 saturated heterocycles. The van der Waals surface area contributed by atoms with Crippen LogP contribution in [0.5, 0.6) is 5.88 Å². The molecule has 8 heteroatoms. The number of carbonyl (C=O) groups excluding carboxylic acids is 1. The van der Waals surface area contributed by atoms with Gasteiger partial charge in [-0.05, 0) is 23.3 Å². The highest BCUT2D eigenvalue weighted by Gasteiger charge is 2.35. The molecule has 4 rings (SSSR count). The monoisotopic (exact) mass is 398 g/mol. The van der Waals surface area contributed by atoms with Gasteiger partial charge in [-0.2, -0.15) is 4.98 Å². The van der Waals surface area contributed by atoms with Crippen LogP contribution < -0.4 is 9.64 Å². The molecule has 1 unspecified atom stereocenters. The topological polar surface area (TPSA) is 68.2 Å². The number of anilines is 1. The third-order valence-corrected chi connectivity index (χ3v) is 5.77. The fourth-order valence-electron chi connectivity index (χ4n) is 2.96. The van der Waals surface area contributed by atoms with Crippen LogP contribution in [0.15, 0.2) is 46.9 Å². The van der Waals surface area contributed by atoms with E-state index in [0.717, 1.165) is 21.9 Å². The number of para-hydroxylation sites is 1.